The third-order valence-corrected chi connectivity index (χ3v) is 17.8. The van der Waals surface area contributed by atoms with E-state index in [9.17, 15) is 14.4 Å². The Morgan fingerprint density at radius 2 is 1.38 bits per heavy atom. The van der Waals surface area contributed by atoms with Gasteiger partial charge in [-0.2, -0.15) is 5.10 Å². The second kappa shape index (κ2) is 20.6. The molecule has 7 aliphatic rings. The highest BCUT2D eigenvalue weighted by molar-refractivity contribution is 6.07. The van der Waals surface area contributed by atoms with Crippen LogP contribution in [0.5, 0.6) is 17.2 Å². The summed E-state index contributed by atoms with van der Waals surface area (Å²) in [7, 11) is 0. The van der Waals surface area contributed by atoms with Gasteiger partial charge >= 0.3 is 12.0 Å². The van der Waals surface area contributed by atoms with E-state index in [1.54, 1.807) is 16.8 Å². The van der Waals surface area contributed by atoms with E-state index in [1.165, 1.54) is 33.6 Å². The highest BCUT2D eigenvalue weighted by atomic mass is 16.6. The second-order valence-electron chi connectivity index (χ2n) is 24.0. The molecule has 1 saturated heterocycles. The van der Waals surface area contributed by atoms with Crippen molar-refractivity contribution in [3.63, 3.8) is 0 Å². The monoisotopic (exact) mass is 1090 g/mol. The first-order valence-electron chi connectivity index (χ1n) is 29.4. The number of benzene rings is 6. The van der Waals surface area contributed by atoms with Gasteiger partial charge in [0.15, 0.2) is 5.60 Å². The summed E-state index contributed by atoms with van der Waals surface area (Å²) in [6, 6.07) is 31.0. The number of nitrogens with zero attached hydrogens (tertiary/aromatic N) is 5. The molecule has 3 amide bonds. The van der Waals surface area contributed by atoms with Crippen molar-refractivity contribution in [2.24, 2.45) is 0 Å². The highest BCUT2D eigenvalue weighted by Crippen LogP contribution is 2.62. The first-order chi connectivity index (χ1) is 39.5. The number of hydrogen-bond acceptors (Lipinski definition) is 11. The number of ether oxygens (including phenoxy) is 4. The van der Waals surface area contributed by atoms with E-state index >= 15 is 0 Å². The van der Waals surface area contributed by atoms with Crippen molar-refractivity contribution in [3.05, 3.63) is 158 Å². The van der Waals surface area contributed by atoms with Crippen LogP contribution in [0.4, 0.5) is 27.7 Å². The number of aryl methyl sites for hydroxylation is 2. The minimum absolute atomic E-state index is 0.207. The first-order valence-corrected chi connectivity index (χ1v) is 29.4. The molecule has 15 heteroatoms. The van der Waals surface area contributed by atoms with Gasteiger partial charge in [0, 0.05) is 119 Å². The smallest absolute Gasteiger partial charge is 0.340 e. The maximum absolute atomic E-state index is 14.7. The van der Waals surface area contributed by atoms with Gasteiger partial charge in [-0.15, -0.1) is 0 Å². The average molecular weight is 1090 g/mol. The normalized spacial score (nSPS) is 17.8. The molecule has 0 radical (unpaired) electrons. The molecule has 81 heavy (non-hydrogen) atoms. The number of nitrogens with one attached hydrogen (secondary N) is 3. The second-order valence-corrected chi connectivity index (χ2v) is 24.0. The molecule has 1 fully saturated rings. The van der Waals surface area contributed by atoms with Crippen molar-refractivity contribution < 1.29 is 33.3 Å². The molecule has 0 aliphatic carbocycles. The van der Waals surface area contributed by atoms with Crippen LogP contribution in [0.15, 0.2) is 97.1 Å². The molecule has 6 aromatic carbocycles. The number of carbonyl (C=O) groups excluding carboxylic acids is 3. The molecule has 0 atom stereocenters. The van der Waals surface area contributed by atoms with Gasteiger partial charge in [-0.25, -0.2) is 14.3 Å². The molecule has 1 spiro atoms. The van der Waals surface area contributed by atoms with Crippen molar-refractivity contribution in [1.82, 2.24) is 20.0 Å². The lowest BCUT2D eigenvalue weighted by Crippen LogP contribution is -2.38. The molecule has 3 N–H and O–H groups in total. The summed E-state index contributed by atoms with van der Waals surface area (Å²) < 4.78 is 27.9. The van der Waals surface area contributed by atoms with Gasteiger partial charge in [0.25, 0.3) is 5.91 Å². The van der Waals surface area contributed by atoms with Crippen molar-refractivity contribution in [3.8, 4) is 22.9 Å². The maximum atomic E-state index is 14.7. The summed E-state index contributed by atoms with van der Waals surface area (Å²) in [6.45, 7) is 15.2. The van der Waals surface area contributed by atoms with E-state index in [1.807, 2.05) is 72.8 Å². The first kappa shape index (κ1) is 51.3. The lowest BCUT2D eigenvalue weighted by molar-refractivity contribution is 0.0222. The summed E-state index contributed by atoms with van der Waals surface area (Å²) in [5.74, 6) is 2.20. The van der Waals surface area contributed by atoms with Gasteiger partial charge in [0.05, 0.1) is 35.8 Å². The Morgan fingerprint density at radius 3 is 2.09 bits per heavy atom. The molecule has 1 aromatic heterocycles. The number of anilines is 4. The summed E-state index contributed by atoms with van der Waals surface area (Å²) in [4.78, 5) is 50.7. The fourth-order valence-corrected chi connectivity index (χ4v) is 13.8. The molecule has 7 aromatic rings. The van der Waals surface area contributed by atoms with Crippen molar-refractivity contribution in [2.75, 3.05) is 86.1 Å². The Balaban J connectivity index is 0.751. The van der Waals surface area contributed by atoms with Crippen LogP contribution in [0.25, 0.3) is 16.5 Å². The fraction of sp³-hybridized carbons (Fsp3) is 0.394. The third kappa shape index (κ3) is 9.13. The summed E-state index contributed by atoms with van der Waals surface area (Å²) >= 11 is 0. The Morgan fingerprint density at radius 1 is 0.691 bits per heavy atom. The molecule has 0 unspecified atom stereocenters. The van der Waals surface area contributed by atoms with E-state index in [0.29, 0.717) is 40.5 Å². The summed E-state index contributed by atoms with van der Waals surface area (Å²) in [5, 5.41) is 16.2. The number of fused-ring (bicyclic) bond motifs is 9. The Labute approximate surface area is 472 Å². The number of rotatable bonds is 10. The Hall–Kier alpha value is -7.88. The van der Waals surface area contributed by atoms with Gasteiger partial charge in [0.1, 0.15) is 29.7 Å². The zero-order chi connectivity index (χ0) is 55.0. The lowest BCUT2D eigenvalue weighted by atomic mass is 9.73. The molecule has 0 bridgehead atoms. The van der Waals surface area contributed by atoms with E-state index in [4.69, 9.17) is 24.0 Å². The molecule has 0 saturated carbocycles. The Kier molecular flexibility index (Phi) is 13.0. The van der Waals surface area contributed by atoms with Crippen LogP contribution in [0.2, 0.25) is 0 Å². The van der Waals surface area contributed by atoms with Gasteiger partial charge in [-0.3, -0.25) is 15.0 Å². The standard InChI is InChI=1S/C66H70N8O7/c1-65(2,3)56-39-57(69-64(77)68-54-23-24-55(47-18-5-4-17-46(47)54)79-34-31-71-29-32-78-33-30-71)74(70-56)45-16-10-13-41(35-45)40-67-62(75)44-21-22-48-51(38-44)66(81-63(48)76)52-36-42-14-6-8-25-72-27-11-19-49(58(42)72)60(52)80-61-50-20-12-28-73-26-9-7-15-43(59(50)73)37-53(61)66/h4-5,10,13,16-18,21-24,35-39H,6-9,11-12,14-15,19-20,25-34,40H2,1-3H3,(H,67,75)(H2,68,69,77). The zero-order valence-electron chi connectivity index (χ0n) is 46.7. The lowest BCUT2D eigenvalue weighted by Gasteiger charge is -2.43. The van der Waals surface area contributed by atoms with E-state index < -0.39 is 17.6 Å². The van der Waals surface area contributed by atoms with Gasteiger partial charge < -0.3 is 39.4 Å². The third-order valence-electron chi connectivity index (χ3n) is 17.8. The summed E-state index contributed by atoms with van der Waals surface area (Å²) in [5.41, 5.74) is 12.2. The predicted octanol–water partition coefficient (Wildman–Crippen LogP) is 11.4. The maximum Gasteiger partial charge on any atom is 0.340 e. The molecule has 15 nitrogen and oxygen atoms in total. The number of carbonyl (C=O) groups is 3. The van der Waals surface area contributed by atoms with Gasteiger partial charge in [-0.05, 0) is 135 Å². The molecular formula is C66H70N8O7. The number of esters is 1. The van der Waals surface area contributed by atoms with Crippen molar-refractivity contribution >= 4 is 51.6 Å². The topological polar surface area (TPSA) is 152 Å². The number of hydrogen-bond donors (Lipinski definition) is 3. The van der Waals surface area contributed by atoms with Crippen LogP contribution >= 0.6 is 0 Å². The zero-order valence-corrected chi connectivity index (χ0v) is 46.7. The fourth-order valence-electron chi connectivity index (χ4n) is 13.8. The van der Waals surface area contributed by atoms with E-state index in [2.05, 4.69) is 63.6 Å². The van der Waals surface area contributed by atoms with Gasteiger partial charge in [-0.1, -0.05) is 57.2 Å². The molecule has 8 heterocycles. The van der Waals surface area contributed by atoms with Crippen LogP contribution in [-0.4, -0.2) is 98.2 Å². The molecule has 14 rings (SSSR count). The average Bonchev–Trinajstić information content (AvgIpc) is 4.02. The van der Waals surface area contributed by atoms with Crippen molar-refractivity contribution in [1.29, 1.82) is 0 Å². The number of aromatic nitrogens is 2. The molecule has 7 aliphatic heterocycles. The van der Waals surface area contributed by atoms with E-state index in [-0.39, 0.29) is 17.9 Å². The Bertz CT molecular complexity index is 3600. The van der Waals surface area contributed by atoms with Crippen molar-refractivity contribution in [2.45, 2.75) is 103 Å². The van der Waals surface area contributed by atoms with Crippen LogP contribution < -0.4 is 35.2 Å². The largest absolute Gasteiger partial charge is 0.492 e. The minimum atomic E-state index is -1.31. The van der Waals surface area contributed by atoms with Crippen LogP contribution in [-0.2, 0) is 52.7 Å². The predicted molar refractivity (Wildman–Crippen MR) is 314 cm³/mol. The number of amides is 3. The summed E-state index contributed by atoms with van der Waals surface area (Å²) in [6.07, 6.45) is 10.1. The number of morpholine rings is 1. The minimum Gasteiger partial charge on any atom is -0.492 e. The SMILES string of the molecule is CC(C)(C)c1cc(NC(=O)Nc2ccc(OCCN3CCOCC3)c3ccccc23)n(-c2cccc(CNC(=O)c3ccc4c(c3)C3(OC4=O)c4cc5c6c(c4Oc4c3cc3c7c4CCCN7CCCC3)CCCN6CCCC5)c2)n1. The van der Waals surface area contributed by atoms with Crippen LogP contribution in [0.1, 0.15) is 130 Å². The number of urea groups is 1. The highest BCUT2D eigenvalue weighted by Gasteiger charge is 2.56. The van der Waals surface area contributed by atoms with Crippen LogP contribution in [0, 0.1) is 0 Å². The van der Waals surface area contributed by atoms with Gasteiger partial charge in [0.2, 0.25) is 0 Å². The van der Waals surface area contributed by atoms with E-state index in [0.717, 1.165) is 174 Å². The quantitative estimate of drug-likeness (QED) is 0.112. The van der Waals surface area contributed by atoms with Crippen LogP contribution in [0.3, 0.4) is 0 Å². The molecular weight excluding hydrogens is 1020 g/mol. The molecule has 416 valence electrons.